The molecule has 1 fully saturated rings. The predicted octanol–water partition coefficient (Wildman–Crippen LogP) is 2.84. The van der Waals surface area contributed by atoms with Crippen molar-refractivity contribution in [1.29, 1.82) is 0 Å². The number of nitrogens with zero attached hydrogens (tertiary/aromatic N) is 4. The molecule has 0 atom stereocenters. The largest absolute Gasteiger partial charge is 0.368 e. The maximum absolute atomic E-state index is 13.0. The topological polar surface area (TPSA) is 102 Å². The van der Waals surface area contributed by atoms with Crippen LogP contribution in [-0.4, -0.2) is 77.4 Å². The molecule has 2 aromatic carbocycles. The molecule has 1 aromatic heterocycles. The molecule has 3 aromatic rings. The number of carbonyl (C=O) groups excluding carboxylic acids is 2. The van der Waals surface area contributed by atoms with E-state index in [1.807, 2.05) is 36.4 Å². The molecule has 37 heavy (non-hydrogen) atoms. The number of benzene rings is 2. The van der Waals surface area contributed by atoms with Crippen LogP contribution in [0.4, 0.5) is 11.6 Å². The molecule has 0 unspecified atom stereocenters. The van der Waals surface area contributed by atoms with Crippen LogP contribution in [0.1, 0.15) is 18.9 Å². The van der Waals surface area contributed by atoms with Crippen molar-refractivity contribution in [2.75, 3.05) is 56.4 Å². The van der Waals surface area contributed by atoms with Gasteiger partial charge < -0.3 is 16.0 Å². The zero-order valence-electron chi connectivity index (χ0n) is 21.3. The zero-order valence-corrected chi connectivity index (χ0v) is 21.3. The molecule has 4 rings (SSSR count). The Bertz CT molecular complexity index is 1160. The van der Waals surface area contributed by atoms with Gasteiger partial charge in [0.25, 0.3) is 0 Å². The molecule has 9 heteroatoms. The second-order valence-corrected chi connectivity index (χ2v) is 9.18. The summed E-state index contributed by atoms with van der Waals surface area (Å²) in [5, 5.41) is 8.92. The van der Waals surface area contributed by atoms with Gasteiger partial charge in [0, 0.05) is 51.3 Å². The molecular formula is C28H35N7O2. The average Bonchev–Trinajstić information content (AvgIpc) is 3.12. The van der Waals surface area contributed by atoms with E-state index in [1.165, 1.54) is 12.5 Å². The highest BCUT2D eigenvalue weighted by Crippen LogP contribution is 2.20. The minimum absolute atomic E-state index is 0.0842. The Kier molecular flexibility index (Phi) is 9.56. The fourth-order valence-electron chi connectivity index (χ4n) is 4.31. The lowest BCUT2D eigenvalue weighted by atomic mass is 10.2. The third-order valence-corrected chi connectivity index (χ3v) is 6.13. The van der Waals surface area contributed by atoms with Gasteiger partial charge in [-0.1, -0.05) is 60.7 Å². The molecule has 0 spiro atoms. The van der Waals surface area contributed by atoms with E-state index in [1.54, 1.807) is 6.07 Å². The zero-order chi connectivity index (χ0) is 25.9. The fourth-order valence-corrected chi connectivity index (χ4v) is 4.31. The molecule has 0 bridgehead atoms. The summed E-state index contributed by atoms with van der Waals surface area (Å²) in [7, 11) is 0. The van der Waals surface area contributed by atoms with Crippen molar-refractivity contribution in [3.8, 4) is 11.4 Å². The number of aromatic nitrogens is 2. The quantitative estimate of drug-likeness (QED) is 0.367. The van der Waals surface area contributed by atoms with Crippen molar-refractivity contribution in [3.05, 3.63) is 72.3 Å². The van der Waals surface area contributed by atoms with Gasteiger partial charge >= 0.3 is 0 Å². The number of hydrogen-bond donors (Lipinski definition) is 3. The van der Waals surface area contributed by atoms with Crippen LogP contribution >= 0.6 is 0 Å². The van der Waals surface area contributed by atoms with Crippen molar-refractivity contribution in [1.82, 2.24) is 25.1 Å². The van der Waals surface area contributed by atoms with Crippen molar-refractivity contribution in [2.45, 2.75) is 19.9 Å². The van der Waals surface area contributed by atoms with Gasteiger partial charge in [-0.3, -0.25) is 19.4 Å². The lowest BCUT2D eigenvalue weighted by Crippen LogP contribution is -2.36. The molecule has 0 saturated carbocycles. The Labute approximate surface area is 218 Å². The van der Waals surface area contributed by atoms with Crippen LogP contribution in [0.5, 0.6) is 0 Å². The van der Waals surface area contributed by atoms with Gasteiger partial charge in [0.15, 0.2) is 5.82 Å². The second-order valence-electron chi connectivity index (χ2n) is 9.18. The SMILES string of the molecule is CC(=O)NCCNc1cc(NC(=O)CN2CCCN(Cc3ccccc3)CC2)nc(-c2ccccc2)n1. The van der Waals surface area contributed by atoms with Crippen LogP contribution in [0.3, 0.4) is 0 Å². The lowest BCUT2D eigenvalue weighted by molar-refractivity contribution is -0.119. The van der Waals surface area contributed by atoms with Gasteiger partial charge in [-0.15, -0.1) is 0 Å². The summed E-state index contributed by atoms with van der Waals surface area (Å²) in [6.07, 6.45) is 1.02. The number of nitrogens with one attached hydrogen (secondary N) is 3. The van der Waals surface area contributed by atoms with Crippen LogP contribution in [0, 0.1) is 0 Å². The number of carbonyl (C=O) groups is 2. The molecule has 0 aliphatic carbocycles. The fraction of sp³-hybridized carbons (Fsp3) is 0.357. The van der Waals surface area contributed by atoms with E-state index in [4.69, 9.17) is 0 Å². The van der Waals surface area contributed by atoms with Gasteiger partial charge in [0.1, 0.15) is 11.6 Å². The first kappa shape index (κ1) is 26.2. The smallest absolute Gasteiger partial charge is 0.239 e. The predicted molar refractivity (Wildman–Crippen MR) is 146 cm³/mol. The van der Waals surface area contributed by atoms with Crippen molar-refractivity contribution < 1.29 is 9.59 Å². The normalized spacial score (nSPS) is 14.5. The molecule has 194 valence electrons. The Morgan fingerprint density at radius 3 is 2.27 bits per heavy atom. The highest BCUT2D eigenvalue weighted by Gasteiger charge is 2.18. The molecule has 2 heterocycles. The standard InChI is InChI=1S/C28H35N7O2/c1-22(36)29-13-14-30-25-19-26(33-28(32-25)24-11-6-3-7-12-24)31-27(37)21-35-16-8-15-34(17-18-35)20-23-9-4-2-5-10-23/h2-7,9-12,19H,8,13-18,20-21H2,1H3,(H,29,36)(H2,30,31,32,33,37). The Balaban J connectivity index is 1.36. The summed E-state index contributed by atoms with van der Waals surface area (Å²) in [4.78, 5) is 37.9. The van der Waals surface area contributed by atoms with Crippen LogP contribution in [0.25, 0.3) is 11.4 Å². The first-order valence-corrected chi connectivity index (χ1v) is 12.8. The van der Waals surface area contributed by atoms with E-state index in [2.05, 4.69) is 60.0 Å². The van der Waals surface area contributed by atoms with Gasteiger partial charge in [0.2, 0.25) is 11.8 Å². The third kappa shape index (κ3) is 8.66. The van der Waals surface area contributed by atoms with Crippen molar-refractivity contribution >= 4 is 23.5 Å². The minimum atomic E-state index is -0.0987. The van der Waals surface area contributed by atoms with Gasteiger partial charge in [-0.05, 0) is 25.1 Å². The van der Waals surface area contributed by atoms with Gasteiger partial charge in [-0.2, -0.15) is 0 Å². The summed E-state index contributed by atoms with van der Waals surface area (Å²) in [5.74, 6) is 1.37. The first-order valence-electron chi connectivity index (χ1n) is 12.8. The molecule has 1 aliphatic heterocycles. The summed E-state index contributed by atoms with van der Waals surface area (Å²) < 4.78 is 0. The van der Waals surface area contributed by atoms with Crippen molar-refractivity contribution in [3.63, 3.8) is 0 Å². The Morgan fingerprint density at radius 2 is 1.51 bits per heavy atom. The highest BCUT2D eigenvalue weighted by atomic mass is 16.2. The van der Waals surface area contributed by atoms with E-state index in [0.29, 0.717) is 37.1 Å². The minimum Gasteiger partial charge on any atom is -0.368 e. The summed E-state index contributed by atoms with van der Waals surface area (Å²) in [5.41, 5.74) is 2.17. The number of rotatable bonds is 10. The van der Waals surface area contributed by atoms with Crippen LogP contribution in [-0.2, 0) is 16.1 Å². The maximum atomic E-state index is 13.0. The first-order chi connectivity index (χ1) is 18.0. The molecular weight excluding hydrogens is 466 g/mol. The third-order valence-electron chi connectivity index (χ3n) is 6.13. The maximum Gasteiger partial charge on any atom is 0.239 e. The summed E-state index contributed by atoms with van der Waals surface area (Å²) in [6.45, 7) is 7.38. The van der Waals surface area contributed by atoms with E-state index < -0.39 is 0 Å². The molecule has 9 nitrogen and oxygen atoms in total. The Morgan fingerprint density at radius 1 is 0.838 bits per heavy atom. The van der Waals surface area contributed by atoms with Gasteiger partial charge in [-0.25, -0.2) is 9.97 Å². The number of amides is 2. The Hall–Kier alpha value is -3.82. The van der Waals surface area contributed by atoms with E-state index in [-0.39, 0.29) is 11.8 Å². The molecule has 1 aliphatic rings. The summed E-state index contributed by atoms with van der Waals surface area (Å²) in [6, 6.07) is 21.9. The number of hydrogen-bond acceptors (Lipinski definition) is 7. The van der Waals surface area contributed by atoms with Crippen LogP contribution < -0.4 is 16.0 Å². The van der Waals surface area contributed by atoms with E-state index in [9.17, 15) is 9.59 Å². The van der Waals surface area contributed by atoms with Crippen LogP contribution in [0.2, 0.25) is 0 Å². The van der Waals surface area contributed by atoms with E-state index in [0.717, 1.165) is 44.7 Å². The van der Waals surface area contributed by atoms with E-state index >= 15 is 0 Å². The monoisotopic (exact) mass is 501 g/mol. The van der Waals surface area contributed by atoms with Crippen LogP contribution in [0.15, 0.2) is 66.7 Å². The molecule has 2 amide bonds. The molecule has 0 radical (unpaired) electrons. The molecule has 1 saturated heterocycles. The van der Waals surface area contributed by atoms with Crippen molar-refractivity contribution in [2.24, 2.45) is 0 Å². The lowest BCUT2D eigenvalue weighted by Gasteiger charge is -2.21. The van der Waals surface area contributed by atoms with Gasteiger partial charge in [0.05, 0.1) is 6.54 Å². The highest BCUT2D eigenvalue weighted by molar-refractivity contribution is 5.92. The molecule has 3 N–H and O–H groups in total. The second kappa shape index (κ2) is 13.5. The summed E-state index contributed by atoms with van der Waals surface area (Å²) >= 11 is 0. The average molecular weight is 502 g/mol. The number of anilines is 2.